The van der Waals surface area contributed by atoms with Crippen molar-refractivity contribution in [1.29, 1.82) is 0 Å². The van der Waals surface area contributed by atoms with Crippen LogP contribution in [-0.2, 0) is 16.0 Å². The number of carboxylic acids is 1. The molecular weight excluding hydrogens is 569 g/mol. The smallest absolute Gasteiger partial charge is 0.326 e. The Morgan fingerprint density at radius 1 is 1.05 bits per heavy atom. The van der Waals surface area contributed by atoms with E-state index in [1.807, 2.05) is 29.2 Å². The average Bonchev–Trinajstić information content (AvgIpc) is 3.14. The molecule has 222 valence electrons. The highest BCUT2D eigenvalue weighted by Gasteiger charge is 2.37. The molecule has 3 aliphatic heterocycles. The number of piperidine rings is 1. The first kappa shape index (κ1) is 29.3. The summed E-state index contributed by atoms with van der Waals surface area (Å²) in [6.07, 6.45) is 1.06. The van der Waals surface area contributed by atoms with Gasteiger partial charge in [-0.2, -0.15) is 0 Å². The SMILES string of the molecule is O=C(O)CCN1C(=O)N(CC(=O)N2CCC(N3CCc4ccccc4NC3=O)CC2)C=C(c2cccc(F)c2Cl)C1O. The number of amides is 5. The zero-order chi connectivity index (χ0) is 30.0. The first-order valence-corrected chi connectivity index (χ1v) is 14.1. The predicted octanol–water partition coefficient (Wildman–Crippen LogP) is 3.43. The maximum absolute atomic E-state index is 14.2. The summed E-state index contributed by atoms with van der Waals surface area (Å²) in [5.41, 5.74) is 2.05. The number of anilines is 1. The molecule has 2 aromatic carbocycles. The van der Waals surface area contributed by atoms with Gasteiger partial charge in [-0.3, -0.25) is 19.4 Å². The average molecular weight is 600 g/mol. The number of fused-ring (bicyclic) bond motifs is 1. The number of aliphatic hydroxyl groups excluding tert-OH is 1. The topological polar surface area (TPSA) is 134 Å². The van der Waals surface area contributed by atoms with E-state index in [9.17, 15) is 28.7 Å². The lowest BCUT2D eigenvalue weighted by atomic mass is 10.0. The third kappa shape index (κ3) is 6.04. The third-order valence-electron chi connectivity index (χ3n) is 7.89. The quantitative estimate of drug-likeness (QED) is 0.447. The van der Waals surface area contributed by atoms with E-state index >= 15 is 0 Å². The summed E-state index contributed by atoms with van der Waals surface area (Å²) in [6.45, 7) is 0.599. The van der Waals surface area contributed by atoms with Crippen molar-refractivity contribution in [3.05, 3.63) is 70.6 Å². The van der Waals surface area contributed by atoms with Crippen molar-refractivity contribution < 1.29 is 33.8 Å². The molecule has 0 radical (unpaired) electrons. The molecule has 3 aliphatic rings. The van der Waals surface area contributed by atoms with Gasteiger partial charge in [0.15, 0.2) is 6.23 Å². The Morgan fingerprint density at radius 3 is 2.52 bits per heavy atom. The van der Waals surface area contributed by atoms with E-state index in [0.717, 1.165) is 33.5 Å². The number of aliphatic hydroxyl groups is 1. The Balaban J connectivity index is 1.27. The van der Waals surface area contributed by atoms with Gasteiger partial charge >= 0.3 is 18.0 Å². The van der Waals surface area contributed by atoms with Crippen molar-refractivity contribution in [2.45, 2.75) is 38.0 Å². The van der Waals surface area contributed by atoms with Crippen LogP contribution in [0.15, 0.2) is 48.7 Å². The molecule has 3 heterocycles. The highest BCUT2D eigenvalue weighted by molar-refractivity contribution is 6.32. The first-order valence-electron chi connectivity index (χ1n) is 13.7. The standard InChI is InChI=1S/C29H31ClFN5O6/c30-26-20(5-3-6-22(26)31)21-16-34(29(42)36(27(21)40)15-11-25(38)39)17-24(37)33-12-9-19(10-13-33)35-14-8-18-4-1-2-7-23(18)32-28(35)41/h1-7,16,19,27,40H,8-15,17H2,(H,32,41)(H,38,39). The summed E-state index contributed by atoms with van der Waals surface area (Å²) < 4.78 is 14.2. The van der Waals surface area contributed by atoms with Crippen LogP contribution in [0.4, 0.5) is 19.7 Å². The lowest BCUT2D eigenvalue weighted by Crippen LogP contribution is -2.55. The number of urea groups is 2. The fourth-order valence-electron chi connectivity index (χ4n) is 5.62. The van der Waals surface area contributed by atoms with E-state index < -0.39 is 30.5 Å². The van der Waals surface area contributed by atoms with Gasteiger partial charge in [0, 0.05) is 55.2 Å². The molecule has 0 saturated carbocycles. The van der Waals surface area contributed by atoms with Gasteiger partial charge in [0.2, 0.25) is 5.91 Å². The monoisotopic (exact) mass is 599 g/mol. The second kappa shape index (κ2) is 12.4. The summed E-state index contributed by atoms with van der Waals surface area (Å²) in [5.74, 6) is -2.27. The molecule has 0 aliphatic carbocycles. The molecule has 1 unspecified atom stereocenters. The Hall–Kier alpha value is -4.16. The highest BCUT2D eigenvalue weighted by atomic mass is 35.5. The molecule has 42 heavy (non-hydrogen) atoms. The van der Waals surface area contributed by atoms with Crippen molar-refractivity contribution in [1.82, 2.24) is 19.6 Å². The Labute approximate surface area is 246 Å². The van der Waals surface area contributed by atoms with E-state index in [0.29, 0.717) is 32.5 Å². The Kier molecular flexibility index (Phi) is 8.64. The lowest BCUT2D eigenvalue weighted by molar-refractivity contribution is -0.138. The Bertz CT molecular complexity index is 1430. The van der Waals surface area contributed by atoms with Crippen molar-refractivity contribution in [3.8, 4) is 0 Å². The molecule has 5 amide bonds. The number of nitrogens with one attached hydrogen (secondary N) is 1. The van der Waals surface area contributed by atoms with Crippen LogP contribution in [0.2, 0.25) is 5.02 Å². The molecular formula is C29H31ClFN5O6. The number of likely N-dealkylation sites (tertiary alicyclic amines) is 1. The molecule has 1 atom stereocenters. The summed E-state index contributed by atoms with van der Waals surface area (Å²) in [4.78, 5) is 56.1. The van der Waals surface area contributed by atoms with Crippen LogP contribution in [-0.4, -0.2) is 98.7 Å². The van der Waals surface area contributed by atoms with Crippen LogP contribution >= 0.6 is 11.6 Å². The number of hydrogen-bond acceptors (Lipinski definition) is 5. The number of halogens is 2. The summed E-state index contributed by atoms with van der Waals surface area (Å²) >= 11 is 6.15. The Morgan fingerprint density at radius 2 is 1.79 bits per heavy atom. The highest BCUT2D eigenvalue weighted by Crippen LogP contribution is 2.33. The molecule has 5 rings (SSSR count). The van der Waals surface area contributed by atoms with E-state index in [1.54, 1.807) is 4.90 Å². The van der Waals surface area contributed by atoms with Crippen molar-refractivity contribution in [2.75, 3.05) is 38.0 Å². The summed E-state index contributed by atoms with van der Waals surface area (Å²) in [6, 6.07) is 10.7. The van der Waals surface area contributed by atoms with E-state index in [4.69, 9.17) is 16.7 Å². The molecule has 1 saturated heterocycles. The number of aliphatic carboxylic acids is 1. The number of carbonyl (C=O) groups excluding carboxylic acids is 3. The van der Waals surface area contributed by atoms with Crippen LogP contribution in [0, 0.1) is 5.82 Å². The summed E-state index contributed by atoms with van der Waals surface area (Å²) in [7, 11) is 0. The predicted molar refractivity (Wildman–Crippen MR) is 152 cm³/mol. The molecule has 3 N–H and O–H groups in total. The molecule has 11 nitrogen and oxygen atoms in total. The molecule has 13 heteroatoms. The molecule has 2 aromatic rings. The maximum Gasteiger partial charge on any atom is 0.326 e. The van der Waals surface area contributed by atoms with Crippen molar-refractivity contribution in [2.24, 2.45) is 0 Å². The van der Waals surface area contributed by atoms with E-state index in [-0.39, 0.29) is 47.2 Å². The van der Waals surface area contributed by atoms with Gasteiger partial charge in [0.05, 0.1) is 11.4 Å². The zero-order valence-corrected chi connectivity index (χ0v) is 23.5. The van der Waals surface area contributed by atoms with Crippen LogP contribution < -0.4 is 5.32 Å². The van der Waals surface area contributed by atoms with Crippen LogP contribution in [0.25, 0.3) is 5.57 Å². The van der Waals surface area contributed by atoms with Gasteiger partial charge in [-0.1, -0.05) is 41.9 Å². The minimum atomic E-state index is -1.59. The number of carbonyl (C=O) groups is 4. The van der Waals surface area contributed by atoms with E-state index in [1.165, 1.54) is 18.3 Å². The number of hydrogen-bond donors (Lipinski definition) is 3. The van der Waals surface area contributed by atoms with Crippen LogP contribution in [0.1, 0.15) is 30.4 Å². The fourth-order valence-corrected chi connectivity index (χ4v) is 5.86. The molecule has 0 bridgehead atoms. The number of para-hydroxylation sites is 1. The van der Waals surface area contributed by atoms with Gasteiger partial charge in [-0.25, -0.2) is 14.0 Å². The normalized spacial score (nSPS) is 19.7. The van der Waals surface area contributed by atoms with E-state index in [2.05, 4.69) is 5.32 Å². The number of nitrogens with zero attached hydrogens (tertiary/aromatic N) is 4. The zero-order valence-electron chi connectivity index (χ0n) is 22.7. The lowest BCUT2D eigenvalue weighted by Gasteiger charge is -2.40. The van der Waals surface area contributed by atoms with Crippen LogP contribution in [0.3, 0.4) is 0 Å². The largest absolute Gasteiger partial charge is 0.481 e. The van der Waals surface area contributed by atoms with Gasteiger partial charge in [-0.05, 0) is 37.0 Å². The number of carboxylic acid groups (broad SMARTS) is 1. The van der Waals surface area contributed by atoms with Crippen molar-refractivity contribution >= 4 is 46.8 Å². The number of rotatable bonds is 7. The summed E-state index contributed by atoms with van der Waals surface area (Å²) in [5, 5.41) is 22.8. The van der Waals surface area contributed by atoms with Crippen molar-refractivity contribution in [3.63, 3.8) is 0 Å². The maximum atomic E-state index is 14.2. The first-order chi connectivity index (χ1) is 20.1. The van der Waals surface area contributed by atoms with Gasteiger partial charge in [-0.15, -0.1) is 0 Å². The minimum absolute atomic E-state index is 0.0525. The molecule has 1 fully saturated rings. The van der Waals surface area contributed by atoms with Gasteiger partial charge in [0.25, 0.3) is 0 Å². The third-order valence-corrected chi connectivity index (χ3v) is 8.28. The minimum Gasteiger partial charge on any atom is -0.481 e. The van der Waals surface area contributed by atoms with Crippen LogP contribution in [0.5, 0.6) is 0 Å². The number of benzene rings is 2. The van der Waals surface area contributed by atoms with Gasteiger partial charge in [0.1, 0.15) is 12.4 Å². The molecule has 0 aromatic heterocycles. The second-order valence-electron chi connectivity index (χ2n) is 10.4. The fraction of sp³-hybridized carbons (Fsp3) is 0.379. The van der Waals surface area contributed by atoms with Gasteiger partial charge < -0.3 is 25.3 Å². The molecule has 0 spiro atoms. The second-order valence-corrected chi connectivity index (χ2v) is 10.8.